The summed E-state index contributed by atoms with van der Waals surface area (Å²) in [6, 6.07) is 7.40. The van der Waals surface area contributed by atoms with E-state index < -0.39 is 17.7 Å². The Balaban J connectivity index is 1.74. The van der Waals surface area contributed by atoms with Gasteiger partial charge in [0.1, 0.15) is 11.4 Å². The van der Waals surface area contributed by atoms with Crippen LogP contribution in [0.5, 0.6) is 0 Å². The lowest BCUT2D eigenvalue weighted by Gasteiger charge is -2.27. The van der Waals surface area contributed by atoms with Gasteiger partial charge >= 0.3 is 6.09 Å². The second-order valence-electron chi connectivity index (χ2n) is 8.96. The zero-order valence-corrected chi connectivity index (χ0v) is 18.5. The number of nitrogens with one attached hydrogen (secondary N) is 1. The SMILES string of the molecule is Cc1cc(C2CCCN2C(=O)C[C@@H](Cc2ccccc2F)NC(=O)OC(C)(C)C)on1. The monoisotopic (exact) mass is 431 g/mol. The second-order valence-corrected chi connectivity index (χ2v) is 8.96. The van der Waals surface area contributed by atoms with Crippen LogP contribution in [0.4, 0.5) is 9.18 Å². The quantitative estimate of drug-likeness (QED) is 0.737. The van der Waals surface area contributed by atoms with E-state index in [2.05, 4.69) is 10.5 Å². The Morgan fingerprint density at radius 1 is 1.35 bits per heavy atom. The molecule has 0 bridgehead atoms. The largest absolute Gasteiger partial charge is 0.444 e. The zero-order valence-electron chi connectivity index (χ0n) is 18.5. The molecule has 1 N–H and O–H groups in total. The van der Waals surface area contributed by atoms with Crippen molar-refractivity contribution in [3.63, 3.8) is 0 Å². The fourth-order valence-electron chi connectivity index (χ4n) is 3.81. The molecule has 1 unspecified atom stereocenters. The van der Waals surface area contributed by atoms with Gasteiger partial charge in [-0.05, 0) is 58.6 Å². The standard InChI is InChI=1S/C23H30FN3O4/c1-15-12-20(31-26-15)19-10-7-11-27(19)21(28)14-17(25-22(29)30-23(2,3)4)13-16-8-5-6-9-18(16)24/h5-6,8-9,12,17,19H,7,10-11,13-14H2,1-4H3,(H,25,29)/t17-,19?/m1/s1. The van der Waals surface area contributed by atoms with Crippen molar-refractivity contribution < 1.29 is 23.2 Å². The highest BCUT2D eigenvalue weighted by molar-refractivity contribution is 5.78. The predicted octanol–water partition coefficient (Wildman–Crippen LogP) is 4.31. The normalized spacial score (nSPS) is 17.5. The summed E-state index contributed by atoms with van der Waals surface area (Å²) in [4.78, 5) is 27.3. The molecule has 1 aliphatic rings. The van der Waals surface area contributed by atoms with Crippen molar-refractivity contribution >= 4 is 12.0 Å². The minimum absolute atomic E-state index is 0.0250. The van der Waals surface area contributed by atoms with Crippen LogP contribution in [0.2, 0.25) is 0 Å². The number of hydrogen-bond donors (Lipinski definition) is 1. The molecule has 1 fully saturated rings. The molecule has 0 radical (unpaired) electrons. The summed E-state index contributed by atoms with van der Waals surface area (Å²) >= 11 is 0. The molecule has 2 aromatic rings. The zero-order chi connectivity index (χ0) is 22.6. The number of amides is 2. The van der Waals surface area contributed by atoms with Gasteiger partial charge in [0.2, 0.25) is 5.91 Å². The molecule has 1 aromatic heterocycles. The number of ether oxygens (including phenoxy) is 1. The van der Waals surface area contributed by atoms with Gasteiger partial charge in [0.05, 0.1) is 11.7 Å². The minimum atomic E-state index is -0.680. The summed E-state index contributed by atoms with van der Waals surface area (Å²) in [5, 5.41) is 6.68. The van der Waals surface area contributed by atoms with Crippen molar-refractivity contribution in [3.05, 3.63) is 53.2 Å². The molecule has 0 saturated carbocycles. The molecule has 1 aromatic carbocycles. The van der Waals surface area contributed by atoms with E-state index in [0.29, 0.717) is 17.9 Å². The van der Waals surface area contributed by atoms with Crippen LogP contribution >= 0.6 is 0 Å². The molecule has 2 atom stereocenters. The fraction of sp³-hybridized carbons (Fsp3) is 0.522. The lowest BCUT2D eigenvalue weighted by molar-refractivity contribution is -0.133. The minimum Gasteiger partial charge on any atom is -0.444 e. The number of rotatable bonds is 6. The maximum absolute atomic E-state index is 14.2. The molecule has 1 saturated heterocycles. The van der Waals surface area contributed by atoms with Crippen LogP contribution in [0.15, 0.2) is 34.9 Å². The van der Waals surface area contributed by atoms with E-state index in [4.69, 9.17) is 9.26 Å². The molecule has 2 heterocycles. The van der Waals surface area contributed by atoms with E-state index in [0.717, 1.165) is 18.5 Å². The van der Waals surface area contributed by atoms with Crippen LogP contribution in [0, 0.1) is 12.7 Å². The lowest BCUT2D eigenvalue weighted by atomic mass is 10.0. The smallest absolute Gasteiger partial charge is 0.407 e. The first-order valence-corrected chi connectivity index (χ1v) is 10.6. The van der Waals surface area contributed by atoms with Gasteiger partial charge < -0.3 is 19.5 Å². The number of nitrogens with zero attached hydrogens (tertiary/aromatic N) is 2. The number of benzene rings is 1. The van der Waals surface area contributed by atoms with Crippen molar-refractivity contribution in [2.75, 3.05) is 6.54 Å². The molecular weight excluding hydrogens is 401 g/mol. The Morgan fingerprint density at radius 3 is 2.74 bits per heavy atom. The average Bonchev–Trinajstić information content (AvgIpc) is 3.30. The molecule has 3 rings (SSSR count). The lowest BCUT2D eigenvalue weighted by Crippen LogP contribution is -2.43. The highest BCUT2D eigenvalue weighted by Gasteiger charge is 2.34. The van der Waals surface area contributed by atoms with Crippen LogP contribution in [-0.4, -0.2) is 40.2 Å². The van der Waals surface area contributed by atoms with Crippen LogP contribution in [-0.2, 0) is 16.0 Å². The van der Waals surface area contributed by atoms with E-state index in [1.54, 1.807) is 43.9 Å². The molecule has 168 valence electrons. The number of carbonyl (C=O) groups excluding carboxylic acids is 2. The third kappa shape index (κ3) is 6.29. The molecular formula is C23H30FN3O4. The van der Waals surface area contributed by atoms with Gasteiger partial charge in [0.25, 0.3) is 0 Å². The van der Waals surface area contributed by atoms with Gasteiger partial charge in [0, 0.05) is 25.1 Å². The van der Waals surface area contributed by atoms with E-state index in [1.165, 1.54) is 6.07 Å². The summed E-state index contributed by atoms with van der Waals surface area (Å²) in [7, 11) is 0. The molecule has 7 nitrogen and oxygen atoms in total. The van der Waals surface area contributed by atoms with Crippen molar-refractivity contribution in [2.45, 2.75) is 71.1 Å². The maximum atomic E-state index is 14.2. The van der Waals surface area contributed by atoms with Crippen LogP contribution < -0.4 is 5.32 Å². The topological polar surface area (TPSA) is 84.7 Å². The Bertz CT molecular complexity index is 922. The molecule has 2 amide bonds. The van der Waals surface area contributed by atoms with Gasteiger partial charge in [-0.1, -0.05) is 23.4 Å². The van der Waals surface area contributed by atoms with E-state index in [1.807, 2.05) is 13.0 Å². The number of likely N-dealkylation sites (tertiary alicyclic amines) is 1. The predicted molar refractivity (Wildman–Crippen MR) is 113 cm³/mol. The van der Waals surface area contributed by atoms with Crippen molar-refractivity contribution in [2.24, 2.45) is 0 Å². The number of aromatic nitrogens is 1. The van der Waals surface area contributed by atoms with Gasteiger partial charge in [-0.3, -0.25) is 4.79 Å². The molecule has 0 aliphatic carbocycles. The number of carbonyl (C=O) groups is 2. The van der Waals surface area contributed by atoms with Gasteiger partial charge in [-0.2, -0.15) is 0 Å². The van der Waals surface area contributed by atoms with Gasteiger partial charge in [-0.25, -0.2) is 9.18 Å². The summed E-state index contributed by atoms with van der Waals surface area (Å²) < 4.78 is 24.9. The first-order chi connectivity index (χ1) is 14.6. The van der Waals surface area contributed by atoms with Crippen molar-refractivity contribution in [1.29, 1.82) is 0 Å². The molecule has 8 heteroatoms. The Morgan fingerprint density at radius 2 is 2.10 bits per heavy atom. The summed E-state index contributed by atoms with van der Waals surface area (Å²) in [5.41, 5.74) is 0.513. The summed E-state index contributed by atoms with van der Waals surface area (Å²) in [5.74, 6) is 0.158. The molecule has 0 spiro atoms. The summed E-state index contributed by atoms with van der Waals surface area (Å²) in [6.07, 6.45) is 1.21. The van der Waals surface area contributed by atoms with E-state index in [9.17, 15) is 14.0 Å². The first kappa shape index (κ1) is 22.8. The Kier molecular flexibility index (Phi) is 6.97. The third-order valence-corrected chi connectivity index (χ3v) is 5.11. The van der Waals surface area contributed by atoms with Crippen LogP contribution in [0.1, 0.15) is 63.1 Å². The first-order valence-electron chi connectivity index (χ1n) is 10.6. The van der Waals surface area contributed by atoms with Gasteiger partial charge in [0.15, 0.2) is 5.76 Å². The highest BCUT2D eigenvalue weighted by atomic mass is 19.1. The van der Waals surface area contributed by atoms with E-state index in [-0.39, 0.29) is 30.6 Å². The van der Waals surface area contributed by atoms with Crippen molar-refractivity contribution in [3.8, 4) is 0 Å². The Hall–Kier alpha value is -2.90. The summed E-state index contributed by atoms with van der Waals surface area (Å²) in [6.45, 7) is 7.72. The second kappa shape index (κ2) is 9.49. The number of hydrogen-bond acceptors (Lipinski definition) is 5. The Labute approximate surface area is 181 Å². The van der Waals surface area contributed by atoms with Crippen molar-refractivity contribution in [1.82, 2.24) is 15.4 Å². The fourth-order valence-corrected chi connectivity index (χ4v) is 3.81. The van der Waals surface area contributed by atoms with Crippen LogP contribution in [0.3, 0.4) is 0 Å². The van der Waals surface area contributed by atoms with E-state index >= 15 is 0 Å². The third-order valence-electron chi connectivity index (χ3n) is 5.11. The maximum Gasteiger partial charge on any atom is 0.407 e. The number of aryl methyl sites for hydroxylation is 1. The highest BCUT2D eigenvalue weighted by Crippen LogP contribution is 2.33. The molecule has 31 heavy (non-hydrogen) atoms. The van der Waals surface area contributed by atoms with Gasteiger partial charge in [-0.15, -0.1) is 0 Å². The molecule has 1 aliphatic heterocycles. The number of halogens is 1. The number of alkyl carbamates (subject to hydrolysis) is 1. The van der Waals surface area contributed by atoms with Crippen LogP contribution in [0.25, 0.3) is 0 Å². The average molecular weight is 432 g/mol.